The number of ether oxygens (including phenoxy) is 1. The summed E-state index contributed by atoms with van der Waals surface area (Å²) in [6, 6.07) is 9.49. The Hall–Kier alpha value is -2.19. The van der Waals surface area contributed by atoms with Crippen LogP contribution in [0.25, 0.3) is 6.08 Å². The molecule has 2 aromatic carbocycles. The Bertz CT molecular complexity index is 1040. The number of anilines is 1. The quantitative estimate of drug-likeness (QED) is 0.597. The molecule has 1 aliphatic heterocycles. The number of carbonyl (C=O) groups is 3. The van der Waals surface area contributed by atoms with Crippen LogP contribution < -0.4 is 10.1 Å². The van der Waals surface area contributed by atoms with Crippen molar-refractivity contribution in [2.45, 2.75) is 0 Å². The van der Waals surface area contributed by atoms with E-state index in [1.54, 1.807) is 24.3 Å². The minimum Gasteiger partial charge on any atom is -0.495 e. The van der Waals surface area contributed by atoms with Crippen molar-refractivity contribution >= 4 is 75.4 Å². The summed E-state index contributed by atoms with van der Waals surface area (Å²) in [4.78, 5) is 38.1. The molecule has 0 spiro atoms. The van der Waals surface area contributed by atoms with E-state index < -0.39 is 23.6 Å². The smallest absolute Gasteiger partial charge is 0.294 e. The van der Waals surface area contributed by atoms with Gasteiger partial charge in [-0.1, -0.05) is 40.9 Å². The van der Waals surface area contributed by atoms with Crippen molar-refractivity contribution in [3.05, 3.63) is 61.9 Å². The van der Waals surface area contributed by atoms with Gasteiger partial charge in [-0.2, -0.15) is 0 Å². The van der Waals surface area contributed by atoms with Crippen LogP contribution >= 0.6 is 46.6 Å². The first kappa shape index (κ1) is 21.5. The summed E-state index contributed by atoms with van der Waals surface area (Å²) < 4.78 is 5.05. The predicted molar refractivity (Wildman–Crippen MR) is 116 cm³/mol. The second kappa shape index (κ2) is 9.09. The summed E-state index contributed by atoms with van der Waals surface area (Å²) in [5.74, 6) is -0.658. The highest BCUT2D eigenvalue weighted by Crippen LogP contribution is 2.34. The normalized spacial score (nSPS) is 15.2. The number of nitrogens with zero attached hydrogens (tertiary/aromatic N) is 1. The fourth-order valence-electron chi connectivity index (χ4n) is 2.48. The number of amides is 3. The van der Waals surface area contributed by atoms with Crippen LogP contribution in [0.15, 0.2) is 41.3 Å². The van der Waals surface area contributed by atoms with E-state index in [1.165, 1.54) is 25.3 Å². The molecule has 1 heterocycles. The van der Waals surface area contributed by atoms with E-state index in [4.69, 9.17) is 39.5 Å². The molecule has 2 aromatic rings. The topological polar surface area (TPSA) is 75.7 Å². The lowest BCUT2D eigenvalue weighted by molar-refractivity contribution is -0.127. The molecule has 0 atom stereocenters. The molecule has 10 heteroatoms. The summed E-state index contributed by atoms with van der Waals surface area (Å²) >= 11 is 18.7. The number of thioether (sulfide) groups is 1. The molecule has 0 aromatic heterocycles. The van der Waals surface area contributed by atoms with Crippen molar-refractivity contribution in [2.24, 2.45) is 0 Å². The van der Waals surface area contributed by atoms with E-state index in [1.807, 2.05) is 0 Å². The molecule has 0 radical (unpaired) electrons. The van der Waals surface area contributed by atoms with Crippen LogP contribution in [-0.2, 0) is 9.59 Å². The van der Waals surface area contributed by atoms with Gasteiger partial charge in [-0.3, -0.25) is 19.3 Å². The Labute approximate surface area is 185 Å². The maximum Gasteiger partial charge on any atom is 0.294 e. The average molecular weight is 472 g/mol. The van der Waals surface area contributed by atoms with Gasteiger partial charge in [-0.05, 0) is 53.7 Å². The van der Waals surface area contributed by atoms with Crippen LogP contribution in [0.5, 0.6) is 5.75 Å². The first-order valence-corrected chi connectivity index (χ1v) is 10.1. The van der Waals surface area contributed by atoms with Gasteiger partial charge in [0.25, 0.3) is 11.1 Å². The molecular weight excluding hydrogens is 459 g/mol. The van der Waals surface area contributed by atoms with Crippen LogP contribution in [0.4, 0.5) is 10.5 Å². The molecule has 1 aliphatic rings. The molecular formula is C19H13Cl3N2O4S. The Kier molecular flexibility index (Phi) is 6.74. The first-order chi connectivity index (χ1) is 13.8. The number of hydrogen-bond acceptors (Lipinski definition) is 5. The molecule has 0 bridgehead atoms. The van der Waals surface area contributed by atoms with Gasteiger partial charge in [0.1, 0.15) is 12.3 Å². The maximum absolute atomic E-state index is 12.6. The molecule has 0 unspecified atom stereocenters. The zero-order valence-electron chi connectivity index (χ0n) is 14.9. The molecule has 3 amide bonds. The van der Waals surface area contributed by atoms with Gasteiger partial charge in [0.2, 0.25) is 5.91 Å². The fraction of sp³-hybridized carbons (Fsp3) is 0.105. The molecule has 0 saturated carbocycles. The van der Waals surface area contributed by atoms with Gasteiger partial charge < -0.3 is 10.1 Å². The highest BCUT2D eigenvalue weighted by atomic mass is 35.5. The molecule has 3 rings (SSSR count). The molecule has 1 N–H and O–H groups in total. The van der Waals surface area contributed by atoms with Crippen molar-refractivity contribution in [1.82, 2.24) is 4.90 Å². The van der Waals surface area contributed by atoms with Gasteiger partial charge in [-0.25, -0.2) is 0 Å². The Morgan fingerprint density at radius 1 is 1.14 bits per heavy atom. The Morgan fingerprint density at radius 3 is 2.55 bits per heavy atom. The van der Waals surface area contributed by atoms with Gasteiger partial charge in [0, 0.05) is 15.7 Å². The lowest BCUT2D eigenvalue weighted by Crippen LogP contribution is -2.36. The monoisotopic (exact) mass is 470 g/mol. The van der Waals surface area contributed by atoms with E-state index in [0.717, 1.165) is 16.7 Å². The molecule has 6 nitrogen and oxygen atoms in total. The summed E-state index contributed by atoms with van der Waals surface area (Å²) in [7, 11) is 1.48. The van der Waals surface area contributed by atoms with Gasteiger partial charge >= 0.3 is 0 Å². The summed E-state index contributed by atoms with van der Waals surface area (Å²) in [6.45, 7) is -0.431. The van der Waals surface area contributed by atoms with E-state index in [2.05, 4.69) is 5.32 Å². The highest BCUT2D eigenvalue weighted by Gasteiger charge is 2.36. The second-order valence-electron chi connectivity index (χ2n) is 5.83. The van der Waals surface area contributed by atoms with Crippen LogP contribution in [0, 0.1) is 0 Å². The number of methoxy groups -OCH3 is 1. The number of imide groups is 1. The minimum absolute atomic E-state index is 0.166. The van der Waals surface area contributed by atoms with E-state index >= 15 is 0 Å². The second-order valence-corrected chi connectivity index (χ2v) is 8.08. The molecule has 0 aliphatic carbocycles. The number of halogens is 3. The number of carbonyl (C=O) groups excluding carboxylic acids is 3. The van der Waals surface area contributed by atoms with Gasteiger partial charge in [0.15, 0.2) is 0 Å². The van der Waals surface area contributed by atoms with E-state index in [0.29, 0.717) is 32.1 Å². The van der Waals surface area contributed by atoms with Gasteiger partial charge in [0.05, 0.1) is 17.0 Å². The summed E-state index contributed by atoms with van der Waals surface area (Å²) in [5, 5.41) is 3.16. The third kappa shape index (κ3) is 5.05. The first-order valence-electron chi connectivity index (χ1n) is 8.12. The number of hydrogen-bond donors (Lipinski definition) is 1. The lowest BCUT2D eigenvalue weighted by atomic mass is 10.2. The maximum atomic E-state index is 12.6. The van der Waals surface area contributed by atoms with Crippen molar-refractivity contribution < 1.29 is 19.1 Å². The minimum atomic E-state index is -0.575. The molecule has 150 valence electrons. The SMILES string of the molecule is COc1ccc(NC(=O)CN2C(=O)SC(=Cc3ccc(Cl)cc3Cl)C2=O)cc1Cl. The number of benzene rings is 2. The van der Waals surface area contributed by atoms with E-state index in [9.17, 15) is 14.4 Å². The zero-order valence-corrected chi connectivity index (χ0v) is 18.0. The van der Waals surface area contributed by atoms with Crippen molar-refractivity contribution in [3.8, 4) is 5.75 Å². The third-order valence-corrected chi connectivity index (χ3v) is 5.63. The Balaban J connectivity index is 1.70. The van der Waals surface area contributed by atoms with Crippen LogP contribution in [0.3, 0.4) is 0 Å². The molecule has 1 saturated heterocycles. The summed E-state index contributed by atoms with van der Waals surface area (Å²) in [5.41, 5.74) is 0.954. The number of nitrogens with one attached hydrogen (secondary N) is 1. The molecule has 1 fully saturated rings. The van der Waals surface area contributed by atoms with E-state index in [-0.39, 0.29) is 4.91 Å². The van der Waals surface area contributed by atoms with Crippen molar-refractivity contribution in [1.29, 1.82) is 0 Å². The largest absolute Gasteiger partial charge is 0.495 e. The lowest BCUT2D eigenvalue weighted by Gasteiger charge is -2.13. The Morgan fingerprint density at radius 2 is 1.90 bits per heavy atom. The summed E-state index contributed by atoms with van der Waals surface area (Å²) in [6.07, 6.45) is 1.49. The van der Waals surface area contributed by atoms with Crippen LogP contribution in [0.1, 0.15) is 5.56 Å². The standard InChI is InChI=1S/C19H13Cl3N2O4S/c1-28-15-5-4-12(8-14(15)22)23-17(25)9-24-18(26)16(29-19(24)27)6-10-2-3-11(20)7-13(10)21/h2-8H,9H2,1H3,(H,23,25). The molecule has 29 heavy (non-hydrogen) atoms. The predicted octanol–water partition coefficient (Wildman–Crippen LogP) is 5.33. The number of rotatable bonds is 5. The third-order valence-electron chi connectivity index (χ3n) is 3.86. The zero-order chi connectivity index (χ0) is 21.1. The average Bonchev–Trinajstić information content (AvgIpc) is 2.91. The van der Waals surface area contributed by atoms with Crippen molar-refractivity contribution in [3.63, 3.8) is 0 Å². The van der Waals surface area contributed by atoms with Crippen molar-refractivity contribution in [2.75, 3.05) is 19.0 Å². The van der Waals surface area contributed by atoms with Crippen LogP contribution in [-0.4, -0.2) is 35.6 Å². The highest BCUT2D eigenvalue weighted by molar-refractivity contribution is 8.18. The van der Waals surface area contributed by atoms with Gasteiger partial charge in [-0.15, -0.1) is 0 Å². The fourth-order valence-corrected chi connectivity index (χ4v) is 4.03. The van der Waals surface area contributed by atoms with Crippen LogP contribution in [0.2, 0.25) is 15.1 Å².